The van der Waals surface area contributed by atoms with E-state index in [1.165, 1.54) is 16.8 Å². The van der Waals surface area contributed by atoms with Crippen molar-refractivity contribution in [1.82, 2.24) is 9.55 Å². The number of nitrogens with zero attached hydrogens (tertiary/aromatic N) is 2. The lowest BCUT2D eigenvalue weighted by molar-refractivity contribution is -0.137. The first-order chi connectivity index (χ1) is 9.91. The summed E-state index contributed by atoms with van der Waals surface area (Å²) in [6.45, 7) is 1.70. The molecule has 0 unspecified atom stereocenters. The van der Waals surface area contributed by atoms with Crippen LogP contribution in [0.5, 0.6) is 5.75 Å². The molecule has 0 aliphatic rings. The first kappa shape index (κ1) is 14.8. The molecule has 0 saturated heterocycles. The summed E-state index contributed by atoms with van der Waals surface area (Å²) in [6.07, 6.45) is 2.78. The number of carbonyl (C=O) groups is 1. The maximum atomic E-state index is 12.4. The number of aromatic hydroxyl groups is 1. The normalized spacial score (nSPS) is 12.1. The molecule has 0 radical (unpaired) electrons. The van der Waals surface area contributed by atoms with Crippen molar-refractivity contribution in [1.29, 1.82) is 0 Å². The Kier molecular flexibility index (Phi) is 4.07. The molecule has 0 spiro atoms. The summed E-state index contributed by atoms with van der Waals surface area (Å²) in [5.41, 5.74) is 0.860. The van der Waals surface area contributed by atoms with Gasteiger partial charge in [-0.25, -0.2) is 0 Å². The van der Waals surface area contributed by atoms with Gasteiger partial charge in [0.1, 0.15) is 5.75 Å². The van der Waals surface area contributed by atoms with Gasteiger partial charge in [0.05, 0.1) is 12.0 Å². The summed E-state index contributed by atoms with van der Waals surface area (Å²) >= 11 is 0. The third-order valence-corrected chi connectivity index (χ3v) is 3.50. The average Bonchev–Trinajstić information content (AvgIpc) is 2.44. The SMILES string of the molecule is Cc1cc(O)c([C@@H](CC(=O)O)c2cccnc2)c(=O)n1C. The van der Waals surface area contributed by atoms with Crippen molar-refractivity contribution in [2.45, 2.75) is 19.3 Å². The quantitative estimate of drug-likeness (QED) is 0.887. The van der Waals surface area contributed by atoms with Crippen LogP contribution in [0.1, 0.15) is 29.2 Å². The van der Waals surface area contributed by atoms with Gasteiger partial charge < -0.3 is 14.8 Å². The minimum Gasteiger partial charge on any atom is -0.507 e. The van der Waals surface area contributed by atoms with Crippen LogP contribution < -0.4 is 5.56 Å². The van der Waals surface area contributed by atoms with Crippen LogP contribution in [-0.2, 0) is 11.8 Å². The van der Waals surface area contributed by atoms with Crippen molar-refractivity contribution >= 4 is 5.97 Å². The highest BCUT2D eigenvalue weighted by molar-refractivity contribution is 5.69. The van der Waals surface area contributed by atoms with Crippen LogP contribution >= 0.6 is 0 Å². The van der Waals surface area contributed by atoms with Crippen LogP contribution in [0.3, 0.4) is 0 Å². The Balaban J connectivity index is 2.66. The average molecular weight is 288 g/mol. The standard InChI is InChI=1S/C15H16N2O4/c1-9-6-12(18)14(15(21)17(9)2)11(7-13(19)20)10-4-3-5-16-8-10/h3-6,8,11,18H,7H2,1-2H3,(H,19,20)/t11-/m0/s1. The molecule has 0 amide bonds. The molecule has 0 aliphatic heterocycles. The Bertz CT molecular complexity index is 722. The molecule has 0 saturated carbocycles. The number of pyridine rings is 2. The summed E-state index contributed by atoms with van der Waals surface area (Å²) < 4.78 is 1.39. The lowest BCUT2D eigenvalue weighted by Gasteiger charge is -2.18. The molecular weight excluding hydrogens is 272 g/mol. The Labute approximate surface area is 121 Å². The van der Waals surface area contributed by atoms with E-state index in [-0.39, 0.29) is 17.7 Å². The maximum Gasteiger partial charge on any atom is 0.304 e. The van der Waals surface area contributed by atoms with Crippen molar-refractivity contribution in [3.63, 3.8) is 0 Å². The van der Waals surface area contributed by atoms with Crippen molar-refractivity contribution in [3.8, 4) is 5.75 Å². The van der Waals surface area contributed by atoms with Crippen molar-refractivity contribution in [2.75, 3.05) is 0 Å². The molecule has 2 rings (SSSR count). The van der Waals surface area contributed by atoms with E-state index < -0.39 is 17.4 Å². The van der Waals surface area contributed by atoms with Gasteiger partial charge in [-0.2, -0.15) is 0 Å². The van der Waals surface area contributed by atoms with Crippen LogP contribution in [0, 0.1) is 6.92 Å². The minimum atomic E-state index is -1.05. The second-order valence-corrected chi connectivity index (χ2v) is 4.89. The van der Waals surface area contributed by atoms with Crippen LogP contribution in [0.2, 0.25) is 0 Å². The molecule has 2 heterocycles. The summed E-state index contributed by atoms with van der Waals surface area (Å²) in [6, 6.07) is 4.82. The molecule has 110 valence electrons. The molecule has 2 N–H and O–H groups in total. The largest absolute Gasteiger partial charge is 0.507 e. The third-order valence-electron chi connectivity index (χ3n) is 3.50. The zero-order valence-electron chi connectivity index (χ0n) is 11.8. The van der Waals surface area contributed by atoms with E-state index in [4.69, 9.17) is 5.11 Å². The molecule has 0 aliphatic carbocycles. The zero-order chi connectivity index (χ0) is 15.6. The number of aromatic nitrogens is 2. The first-order valence-electron chi connectivity index (χ1n) is 6.43. The van der Waals surface area contributed by atoms with Crippen molar-refractivity contribution < 1.29 is 15.0 Å². The van der Waals surface area contributed by atoms with E-state index in [0.29, 0.717) is 11.3 Å². The van der Waals surface area contributed by atoms with E-state index in [9.17, 15) is 14.7 Å². The van der Waals surface area contributed by atoms with Gasteiger partial charge in [0.15, 0.2) is 0 Å². The minimum absolute atomic E-state index is 0.0819. The lowest BCUT2D eigenvalue weighted by Crippen LogP contribution is -2.26. The summed E-state index contributed by atoms with van der Waals surface area (Å²) in [5, 5.41) is 19.2. The molecular formula is C15H16N2O4. The predicted octanol–water partition coefficient (Wildman–Crippen LogP) is 1.40. The Morgan fingerprint density at radius 1 is 1.48 bits per heavy atom. The van der Waals surface area contributed by atoms with Gasteiger partial charge in [-0.15, -0.1) is 0 Å². The fourth-order valence-electron chi connectivity index (χ4n) is 2.29. The van der Waals surface area contributed by atoms with Crippen molar-refractivity contribution in [3.05, 3.63) is 57.8 Å². The van der Waals surface area contributed by atoms with E-state index >= 15 is 0 Å². The molecule has 2 aromatic heterocycles. The summed E-state index contributed by atoms with van der Waals surface area (Å²) in [4.78, 5) is 27.5. The smallest absolute Gasteiger partial charge is 0.304 e. The van der Waals surface area contributed by atoms with E-state index in [2.05, 4.69) is 4.98 Å². The van der Waals surface area contributed by atoms with Crippen LogP contribution in [-0.4, -0.2) is 25.7 Å². The third kappa shape index (κ3) is 2.94. The van der Waals surface area contributed by atoms with Crippen LogP contribution in [0.4, 0.5) is 0 Å². The highest BCUT2D eigenvalue weighted by atomic mass is 16.4. The van der Waals surface area contributed by atoms with Gasteiger partial charge in [0, 0.05) is 31.1 Å². The van der Waals surface area contributed by atoms with E-state index in [1.807, 2.05) is 0 Å². The molecule has 0 aromatic carbocycles. The highest BCUT2D eigenvalue weighted by Gasteiger charge is 2.25. The van der Waals surface area contributed by atoms with Gasteiger partial charge in [0.2, 0.25) is 0 Å². The number of rotatable bonds is 4. The fraction of sp³-hybridized carbons (Fsp3) is 0.267. The molecule has 21 heavy (non-hydrogen) atoms. The monoisotopic (exact) mass is 288 g/mol. The van der Waals surface area contributed by atoms with E-state index in [1.54, 1.807) is 32.3 Å². The Morgan fingerprint density at radius 2 is 2.19 bits per heavy atom. The Hall–Kier alpha value is -2.63. The molecule has 2 aromatic rings. The first-order valence-corrected chi connectivity index (χ1v) is 6.43. The van der Waals surface area contributed by atoms with Gasteiger partial charge in [0.25, 0.3) is 5.56 Å². The van der Waals surface area contributed by atoms with Crippen molar-refractivity contribution in [2.24, 2.45) is 7.05 Å². The van der Waals surface area contributed by atoms with Crippen LogP contribution in [0.25, 0.3) is 0 Å². The summed E-state index contributed by atoms with van der Waals surface area (Å²) in [7, 11) is 1.58. The van der Waals surface area contributed by atoms with E-state index in [0.717, 1.165) is 0 Å². The van der Waals surface area contributed by atoms with Crippen LogP contribution in [0.15, 0.2) is 35.4 Å². The highest BCUT2D eigenvalue weighted by Crippen LogP contribution is 2.31. The second-order valence-electron chi connectivity index (χ2n) is 4.89. The number of aryl methyl sites for hydroxylation is 1. The number of carboxylic acid groups (broad SMARTS) is 1. The lowest BCUT2D eigenvalue weighted by atomic mass is 9.89. The molecule has 6 nitrogen and oxygen atoms in total. The molecule has 6 heteroatoms. The predicted molar refractivity (Wildman–Crippen MR) is 76.4 cm³/mol. The second kappa shape index (κ2) is 5.78. The summed E-state index contributed by atoms with van der Waals surface area (Å²) in [5.74, 6) is -1.98. The number of carboxylic acids is 1. The fourth-order valence-corrected chi connectivity index (χ4v) is 2.29. The zero-order valence-corrected chi connectivity index (χ0v) is 11.8. The molecule has 0 fully saturated rings. The van der Waals surface area contributed by atoms with Gasteiger partial charge in [-0.1, -0.05) is 6.07 Å². The van der Waals surface area contributed by atoms with Gasteiger partial charge in [-0.05, 0) is 24.6 Å². The van der Waals surface area contributed by atoms with Gasteiger partial charge >= 0.3 is 5.97 Å². The Morgan fingerprint density at radius 3 is 2.76 bits per heavy atom. The maximum absolute atomic E-state index is 12.4. The number of hydrogen-bond donors (Lipinski definition) is 2. The number of aliphatic carboxylic acids is 1. The molecule has 1 atom stereocenters. The topological polar surface area (TPSA) is 92.4 Å². The number of hydrogen-bond acceptors (Lipinski definition) is 4. The van der Waals surface area contributed by atoms with Gasteiger partial charge in [-0.3, -0.25) is 14.6 Å². The molecule has 0 bridgehead atoms.